The zero-order valence-electron chi connectivity index (χ0n) is 13.5. The monoisotopic (exact) mass is 335 g/mol. The number of aromatic amines is 1. The Balaban J connectivity index is 1.60. The molecule has 0 aliphatic carbocycles. The molecule has 0 aliphatic heterocycles. The fraction of sp³-hybridized carbons (Fsp3) is 0.158. The summed E-state index contributed by atoms with van der Waals surface area (Å²) in [6.07, 6.45) is 0.339. The van der Waals surface area contributed by atoms with Gasteiger partial charge in [-0.3, -0.25) is 4.79 Å². The SMILES string of the molecule is Cc1ccc2[nH]c(C)c(CC(=O)Nc3nc4ccccc4s3)c2c1. The highest BCUT2D eigenvalue weighted by atomic mass is 32.1. The maximum Gasteiger partial charge on any atom is 0.230 e. The van der Waals surface area contributed by atoms with Crippen LogP contribution in [0.5, 0.6) is 0 Å². The molecule has 2 aromatic carbocycles. The van der Waals surface area contributed by atoms with Crippen LogP contribution >= 0.6 is 11.3 Å². The third-order valence-corrected chi connectivity index (χ3v) is 5.10. The molecule has 0 saturated carbocycles. The van der Waals surface area contributed by atoms with Crippen molar-refractivity contribution in [3.05, 3.63) is 59.3 Å². The van der Waals surface area contributed by atoms with Crippen molar-refractivity contribution in [2.75, 3.05) is 5.32 Å². The van der Waals surface area contributed by atoms with Crippen molar-refractivity contribution in [3.8, 4) is 0 Å². The Hall–Kier alpha value is -2.66. The summed E-state index contributed by atoms with van der Waals surface area (Å²) in [4.78, 5) is 20.3. The lowest BCUT2D eigenvalue weighted by Gasteiger charge is -2.03. The number of rotatable bonds is 3. The molecule has 4 nitrogen and oxygen atoms in total. The minimum absolute atomic E-state index is 0.0421. The molecule has 0 atom stereocenters. The van der Waals surface area contributed by atoms with E-state index in [1.165, 1.54) is 16.9 Å². The topological polar surface area (TPSA) is 57.8 Å². The third kappa shape index (κ3) is 2.67. The smallest absolute Gasteiger partial charge is 0.230 e. The van der Waals surface area contributed by atoms with Gasteiger partial charge in [-0.25, -0.2) is 4.98 Å². The molecule has 1 amide bonds. The van der Waals surface area contributed by atoms with Crippen molar-refractivity contribution in [1.82, 2.24) is 9.97 Å². The number of carbonyl (C=O) groups is 1. The Morgan fingerprint density at radius 2 is 2.04 bits per heavy atom. The molecular weight excluding hydrogens is 318 g/mol. The number of aromatic nitrogens is 2. The van der Waals surface area contributed by atoms with Crippen LogP contribution in [0.3, 0.4) is 0 Å². The van der Waals surface area contributed by atoms with Gasteiger partial charge in [-0.15, -0.1) is 0 Å². The molecule has 0 unspecified atom stereocenters. The molecule has 0 aliphatic rings. The first-order valence-electron chi connectivity index (χ1n) is 7.83. The number of nitrogens with zero attached hydrogens (tertiary/aromatic N) is 1. The molecule has 2 heterocycles. The van der Waals surface area contributed by atoms with Gasteiger partial charge in [0.05, 0.1) is 16.6 Å². The summed E-state index contributed by atoms with van der Waals surface area (Å²) < 4.78 is 1.08. The third-order valence-electron chi connectivity index (χ3n) is 4.15. The fourth-order valence-electron chi connectivity index (χ4n) is 2.97. The van der Waals surface area contributed by atoms with Crippen molar-refractivity contribution >= 4 is 43.5 Å². The second-order valence-corrected chi connectivity index (χ2v) is 7.02. The van der Waals surface area contributed by atoms with Gasteiger partial charge in [0.15, 0.2) is 5.13 Å². The number of aryl methyl sites for hydroxylation is 2. The van der Waals surface area contributed by atoms with E-state index < -0.39 is 0 Å². The normalized spacial score (nSPS) is 11.2. The summed E-state index contributed by atoms with van der Waals surface area (Å²) in [6.45, 7) is 4.07. The summed E-state index contributed by atoms with van der Waals surface area (Å²) in [5.74, 6) is -0.0421. The Bertz CT molecular complexity index is 1030. The number of hydrogen-bond donors (Lipinski definition) is 2. The fourth-order valence-corrected chi connectivity index (χ4v) is 3.86. The Labute approximate surface area is 143 Å². The number of thiazole rings is 1. The molecule has 24 heavy (non-hydrogen) atoms. The predicted octanol–water partition coefficient (Wildman–Crippen LogP) is 4.58. The molecule has 0 radical (unpaired) electrons. The minimum Gasteiger partial charge on any atom is -0.358 e. The summed E-state index contributed by atoms with van der Waals surface area (Å²) >= 11 is 1.50. The Kier molecular flexibility index (Phi) is 3.58. The van der Waals surface area contributed by atoms with Crippen LogP contribution < -0.4 is 5.32 Å². The highest BCUT2D eigenvalue weighted by Gasteiger charge is 2.14. The van der Waals surface area contributed by atoms with E-state index in [2.05, 4.69) is 40.4 Å². The van der Waals surface area contributed by atoms with E-state index in [0.29, 0.717) is 11.6 Å². The molecule has 5 heteroatoms. The van der Waals surface area contributed by atoms with Gasteiger partial charge >= 0.3 is 0 Å². The quantitative estimate of drug-likeness (QED) is 0.576. The average molecular weight is 335 g/mol. The first-order valence-corrected chi connectivity index (χ1v) is 8.65. The van der Waals surface area contributed by atoms with E-state index in [1.54, 1.807) is 0 Å². The number of amides is 1. The summed E-state index contributed by atoms with van der Waals surface area (Å²) in [7, 11) is 0. The molecule has 2 aromatic heterocycles. The van der Waals surface area contributed by atoms with Crippen LogP contribution in [0.2, 0.25) is 0 Å². The Morgan fingerprint density at radius 1 is 1.21 bits per heavy atom. The van der Waals surface area contributed by atoms with E-state index >= 15 is 0 Å². The lowest BCUT2D eigenvalue weighted by Crippen LogP contribution is -2.14. The minimum atomic E-state index is -0.0421. The molecule has 4 rings (SSSR count). The molecule has 4 aromatic rings. The van der Waals surface area contributed by atoms with Gasteiger partial charge in [0.25, 0.3) is 0 Å². The maximum atomic E-state index is 12.5. The molecular formula is C19H17N3OS. The lowest BCUT2D eigenvalue weighted by atomic mass is 10.1. The predicted molar refractivity (Wildman–Crippen MR) is 99.7 cm³/mol. The largest absolute Gasteiger partial charge is 0.358 e. The highest BCUT2D eigenvalue weighted by molar-refractivity contribution is 7.22. The van der Waals surface area contributed by atoms with Crippen molar-refractivity contribution < 1.29 is 4.79 Å². The average Bonchev–Trinajstić information content (AvgIpc) is 3.08. The van der Waals surface area contributed by atoms with Crippen LogP contribution in [0.25, 0.3) is 21.1 Å². The van der Waals surface area contributed by atoms with E-state index in [4.69, 9.17) is 0 Å². The van der Waals surface area contributed by atoms with Crippen molar-refractivity contribution in [2.24, 2.45) is 0 Å². The maximum absolute atomic E-state index is 12.5. The van der Waals surface area contributed by atoms with Crippen molar-refractivity contribution in [3.63, 3.8) is 0 Å². The molecule has 0 fully saturated rings. The number of hydrogen-bond acceptors (Lipinski definition) is 3. The summed E-state index contributed by atoms with van der Waals surface area (Å²) in [6, 6.07) is 14.1. The number of nitrogens with one attached hydrogen (secondary N) is 2. The molecule has 0 spiro atoms. The van der Waals surface area contributed by atoms with Gasteiger partial charge in [0, 0.05) is 16.6 Å². The molecule has 0 bridgehead atoms. The van der Waals surface area contributed by atoms with Gasteiger partial charge in [0.2, 0.25) is 5.91 Å². The first kappa shape index (κ1) is 14.9. The molecule has 120 valence electrons. The van der Waals surface area contributed by atoms with Gasteiger partial charge in [0.1, 0.15) is 0 Å². The molecule has 2 N–H and O–H groups in total. The lowest BCUT2D eigenvalue weighted by molar-refractivity contribution is -0.115. The number of benzene rings is 2. The first-order chi connectivity index (χ1) is 11.6. The van der Waals surface area contributed by atoms with Crippen LogP contribution in [0.4, 0.5) is 5.13 Å². The summed E-state index contributed by atoms with van der Waals surface area (Å²) in [5, 5.41) is 4.70. The number of fused-ring (bicyclic) bond motifs is 2. The van der Waals surface area contributed by atoms with Gasteiger partial charge in [-0.05, 0) is 43.7 Å². The Morgan fingerprint density at radius 3 is 2.88 bits per heavy atom. The van der Waals surface area contributed by atoms with Gasteiger partial charge < -0.3 is 10.3 Å². The number of anilines is 1. The van der Waals surface area contributed by atoms with E-state index in [9.17, 15) is 4.79 Å². The second kappa shape index (κ2) is 5.76. The van der Waals surface area contributed by atoms with Crippen LogP contribution in [-0.4, -0.2) is 15.9 Å². The van der Waals surface area contributed by atoms with Crippen molar-refractivity contribution in [2.45, 2.75) is 20.3 Å². The number of H-pyrrole nitrogens is 1. The second-order valence-electron chi connectivity index (χ2n) is 5.99. The number of para-hydroxylation sites is 1. The van der Waals surface area contributed by atoms with E-state index in [-0.39, 0.29) is 5.91 Å². The molecule has 0 saturated heterocycles. The van der Waals surface area contributed by atoms with Gasteiger partial charge in [-0.2, -0.15) is 0 Å². The van der Waals surface area contributed by atoms with Crippen LogP contribution in [0.1, 0.15) is 16.8 Å². The summed E-state index contributed by atoms with van der Waals surface area (Å²) in [5.41, 5.74) is 5.26. The van der Waals surface area contributed by atoms with Crippen molar-refractivity contribution in [1.29, 1.82) is 0 Å². The zero-order valence-corrected chi connectivity index (χ0v) is 14.3. The van der Waals surface area contributed by atoms with Crippen LogP contribution in [0.15, 0.2) is 42.5 Å². The zero-order chi connectivity index (χ0) is 16.7. The van der Waals surface area contributed by atoms with E-state index in [0.717, 1.165) is 32.4 Å². The van der Waals surface area contributed by atoms with E-state index in [1.807, 2.05) is 31.2 Å². The van der Waals surface area contributed by atoms with Crippen LogP contribution in [0, 0.1) is 13.8 Å². The number of carbonyl (C=O) groups excluding carboxylic acids is 1. The highest BCUT2D eigenvalue weighted by Crippen LogP contribution is 2.27. The van der Waals surface area contributed by atoms with Gasteiger partial charge in [-0.1, -0.05) is 35.1 Å². The standard InChI is InChI=1S/C19H17N3OS/c1-11-7-8-15-14(9-11)13(12(2)20-15)10-18(23)22-19-21-16-5-3-4-6-17(16)24-19/h3-9,20H,10H2,1-2H3,(H,21,22,23). The van der Waals surface area contributed by atoms with Crippen LogP contribution in [-0.2, 0) is 11.2 Å².